The van der Waals surface area contributed by atoms with Gasteiger partial charge in [0.2, 0.25) is 70.9 Å². The lowest BCUT2D eigenvalue weighted by atomic mass is 9.91. The number of aromatic nitrogens is 1. The van der Waals surface area contributed by atoms with Gasteiger partial charge in [-0.2, -0.15) is 0 Å². The lowest BCUT2D eigenvalue weighted by Crippen LogP contribution is -2.71. The second kappa shape index (κ2) is 44.2. The number of thioether (sulfide) groups is 1. The quantitative estimate of drug-likeness (QED) is 0.0594. The van der Waals surface area contributed by atoms with E-state index in [2.05, 4.69) is 26.6 Å². The number of hydrogen-bond acceptors (Lipinski definition) is 18. The lowest BCUT2D eigenvalue weighted by molar-refractivity contribution is -0.689. The third-order valence-electron chi connectivity index (χ3n) is 20.7. The largest absolute Gasteiger partial charge is 0.543 e. The first-order valence-corrected chi connectivity index (χ1v) is 41.2. The van der Waals surface area contributed by atoms with Crippen LogP contribution in [-0.4, -0.2) is 267 Å². The molecule has 0 radical (unpaired) electrons. The number of aliphatic carboxylic acids is 1. The second-order valence-corrected chi connectivity index (χ2v) is 34.7. The molecular formula is C81H128N14O16S2. The van der Waals surface area contributed by atoms with Gasteiger partial charge in [-0.3, -0.25) is 67.2 Å². The smallest absolute Gasteiger partial charge is 0.253 e. The molecule has 2 saturated heterocycles. The van der Waals surface area contributed by atoms with Crippen LogP contribution < -0.4 is 36.3 Å². The molecule has 5 heterocycles. The van der Waals surface area contributed by atoms with Crippen LogP contribution in [0.15, 0.2) is 71.5 Å². The van der Waals surface area contributed by atoms with E-state index in [9.17, 15) is 67.7 Å². The van der Waals surface area contributed by atoms with Gasteiger partial charge < -0.3 is 75.9 Å². The molecule has 3 aliphatic heterocycles. The number of likely N-dealkylation sites (N-methyl/N-ethyl adjacent to an activating group) is 7. The van der Waals surface area contributed by atoms with E-state index in [0.29, 0.717) is 24.3 Å². The Balaban J connectivity index is 0.000000789. The standard InChI is InChI=1S/C62H111N11O12.C19H17N3O4S2/c1-25-27-28-40(15)52(75)51-56(79)65-43(26-2)58(81)67(18)33-48(74)68(19)44(29-34(3)4)55(78)66-49(38(11)12)61(84)69(20)45(30-35(5)6)54(77)63-41(16)53(76)64-42(17)57(80)70(21)46(31-36(7)8)59(82)71(22)47(32-37(9)10)60(83)72(23)50(39(13)14)62(85)73(51)24;23-14(9-13-5-4-8-27-13)20-15-17(24)22-16(19(25)26)12(11-28-18(15)22)10-21-6-2-1-3-7-21/h25,27,34-47,49-52,75H,26,28-33H2,1-24H3,(H,63,77)(H,64,76)(H,65,79)(H,66,78);1-8,15,18H,9-11H2,(H-,20,23,25,26)/b27-25+;/t40-,41-,42-,43+,44-,45-,46-,47-,49+,50-,51-,52-;15-,18-/m11/s1. The molecule has 14 atom stereocenters. The second-order valence-electron chi connectivity index (χ2n) is 32.6. The molecule has 32 heteroatoms. The molecule has 30 nitrogen and oxygen atoms in total. The van der Waals surface area contributed by atoms with Crippen molar-refractivity contribution in [1.82, 2.24) is 65.8 Å². The molecule has 13 amide bonds. The average Bonchev–Trinajstić information content (AvgIpc) is 0.898. The number of aliphatic hydroxyl groups excluding tert-OH is 1. The Bertz CT molecular complexity index is 3700. The van der Waals surface area contributed by atoms with Crippen LogP contribution >= 0.6 is 23.1 Å². The van der Waals surface area contributed by atoms with Gasteiger partial charge in [0, 0.05) is 77.7 Å². The zero-order chi connectivity index (χ0) is 85.6. The third-order valence-corrected chi connectivity index (χ3v) is 22.9. The number of carboxylic acids is 1. The summed E-state index contributed by atoms with van der Waals surface area (Å²) >= 11 is 2.93. The highest BCUT2D eigenvalue weighted by Crippen LogP contribution is 2.40. The maximum absolute atomic E-state index is 15.1. The van der Waals surface area contributed by atoms with Gasteiger partial charge in [-0.05, 0) is 112 Å². The Morgan fingerprint density at radius 2 is 1.09 bits per heavy atom. The van der Waals surface area contributed by atoms with Crippen molar-refractivity contribution in [3.05, 3.63) is 76.4 Å². The van der Waals surface area contributed by atoms with E-state index < -0.39 is 179 Å². The summed E-state index contributed by atoms with van der Waals surface area (Å²) in [6.45, 7) is 29.7. The van der Waals surface area contributed by atoms with E-state index in [1.807, 2.05) is 114 Å². The summed E-state index contributed by atoms with van der Waals surface area (Å²) in [5.41, 5.74) is 0.544. The van der Waals surface area contributed by atoms with Crippen LogP contribution in [0.25, 0.3) is 0 Å². The minimum absolute atomic E-state index is 0.0229. The molecule has 0 aromatic carbocycles. The first-order valence-electron chi connectivity index (χ1n) is 39.2. The Morgan fingerprint density at radius 3 is 1.59 bits per heavy atom. The zero-order valence-corrected chi connectivity index (χ0v) is 72.4. The molecule has 630 valence electrons. The third kappa shape index (κ3) is 26.1. The molecule has 2 fully saturated rings. The first-order chi connectivity index (χ1) is 52.8. The molecule has 2 aromatic rings. The van der Waals surface area contributed by atoms with Gasteiger partial charge >= 0.3 is 0 Å². The Labute approximate surface area is 676 Å². The molecule has 0 aliphatic carbocycles. The number of amides is 13. The number of rotatable bonds is 21. The van der Waals surface area contributed by atoms with Crippen molar-refractivity contribution in [2.24, 2.45) is 41.4 Å². The molecule has 0 bridgehead atoms. The number of nitrogens with one attached hydrogen (secondary N) is 5. The van der Waals surface area contributed by atoms with E-state index in [-0.39, 0.29) is 73.8 Å². The van der Waals surface area contributed by atoms with Crippen molar-refractivity contribution in [3.8, 4) is 0 Å². The summed E-state index contributed by atoms with van der Waals surface area (Å²) in [7, 11) is 9.92. The Hall–Kier alpha value is -8.78. The van der Waals surface area contributed by atoms with E-state index in [1.54, 1.807) is 54.5 Å². The summed E-state index contributed by atoms with van der Waals surface area (Å²) < 4.78 is 1.85. The molecule has 6 N–H and O–H groups in total. The van der Waals surface area contributed by atoms with Gasteiger partial charge in [-0.15, -0.1) is 23.1 Å². The van der Waals surface area contributed by atoms with Crippen LogP contribution in [0.4, 0.5) is 0 Å². The predicted octanol–water partition coefficient (Wildman–Crippen LogP) is 2.95. The van der Waals surface area contributed by atoms with E-state index in [0.717, 1.165) is 14.7 Å². The number of fused-ring (bicyclic) bond motifs is 1. The molecule has 0 spiro atoms. The van der Waals surface area contributed by atoms with E-state index in [4.69, 9.17) is 0 Å². The number of pyridine rings is 1. The van der Waals surface area contributed by atoms with E-state index >= 15 is 9.59 Å². The number of thiophene rings is 1. The number of nitrogens with zero attached hydrogens (tertiary/aromatic N) is 9. The van der Waals surface area contributed by atoms with Crippen molar-refractivity contribution < 1.29 is 81.9 Å². The topological polar surface area (TPSA) is 372 Å². The minimum Gasteiger partial charge on any atom is -0.543 e. The zero-order valence-electron chi connectivity index (χ0n) is 70.8. The fourth-order valence-corrected chi connectivity index (χ4v) is 16.1. The first kappa shape index (κ1) is 96.6. The summed E-state index contributed by atoms with van der Waals surface area (Å²) in [5, 5.41) is 39.0. The van der Waals surface area contributed by atoms with Gasteiger partial charge in [0.1, 0.15) is 71.8 Å². The van der Waals surface area contributed by atoms with Gasteiger partial charge in [0.05, 0.1) is 30.7 Å². The summed E-state index contributed by atoms with van der Waals surface area (Å²) in [6.07, 6.45) is 6.92. The van der Waals surface area contributed by atoms with Crippen LogP contribution in [0.2, 0.25) is 0 Å². The van der Waals surface area contributed by atoms with Crippen molar-refractivity contribution in [3.63, 3.8) is 0 Å². The molecule has 5 rings (SSSR count). The highest BCUT2D eigenvalue weighted by Gasteiger charge is 2.54. The minimum atomic E-state index is -1.61. The predicted molar refractivity (Wildman–Crippen MR) is 430 cm³/mol. The molecule has 0 unspecified atom stereocenters. The van der Waals surface area contributed by atoms with Crippen molar-refractivity contribution in [2.75, 3.05) is 61.6 Å². The summed E-state index contributed by atoms with van der Waals surface area (Å²) in [4.78, 5) is 207. The molecule has 113 heavy (non-hydrogen) atoms. The molecule has 0 saturated carbocycles. The summed E-state index contributed by atoms with van der Waals surface area (Å²) in [6, 6.07) is -3.73. The van der Waals surface area contributed by atoms with Crippen LogP contribution in [-0.2, 0) is 80.1 Å². The van der Waals surface area contributed by atoms with Crippen molar-refractivity contribution in [2.45, 2.75) is 247 Å². The SMILES string of the molecule is C/C=C/C[C@@H](C)[C@@H](O)[C@@H]1C(=O)N[C@@H](CC)C(=O)N(C)CC(=O)N(C)[C@H](CC(C)C)C(=O)N[C@@H](C(C)C)C(=O)N(C)[C@H](CC(C)C)C(=O)N[C@H](C)C(=O)N[C@H](C)C(=O)N(C)[C@H](CC(C)C)C(=O)N(C)[C@H](CC(C)C)C(=O)N(C)[C@H](C(C)C)C(=O)N1C.O=C(Cc1cccs1)N[C@@H]1C(=O)N2C(C(=O)[O-])=C(C[n+]3ccccc3)CS[C@H]12. The highest BCUT2D eigenvalue weighted by molar-refractivity contribution is 8.00. The van der Waals surface area contributed by atoms with Gasteiger partial charge in [-0.25, -0.2) is 4.57 Å². The van der Waals surface area contributed by atoms with Crippen molar-refractivity contribution >= 4 is 106 Å². The number of aliphatic hydroxyl groups is 1. The van der Waals surface area contributed by atoms with Crippen LogP contribution in [0.5, 0.6) is 0 Å². The van der Waals surface area contributed by atoms with Crippen molar-refractivity contribution in [1.29, 1.82) is 0 Å². The van der Waals surface area contributed by atoms with E-state index in [1.165, 1.54) is 116 Å². The summed E-state index contributed by atoms with van der Waals surface area (Å²) in [5.74, 6) is -11.3. The fourth-order valence-electron chi connectivity index (χ4n) is 14.0. The Kier molecular flexibility index (Phi) is 37.8. The van der Waals surface area contributed by atoms with Gasteiger partial charge in [-0.1, -0.05) is 121 Å². The molecule has 2 aromatic heterocycles. The normalized spacial score (nSPS) is 25.5. The van der Waals surface area contributed by atoms with Gasteiger partial charge in [0.15, 0.2) is 18.9 Å². The monoisotopic (exact) mass is 1620 g/mol. The average molecular weight is 1620 g/mol. The lowest BCUT2D eigenvalue weighted by Gasteiger charge is -2.50. The number of β-lactam (4-membered cyclic amide) rings is 1. The maximum Gasteiger partial charge on any atom is 0.253 e. The number of allylic oxidation sites excluding steroid dienone is 2. The van der Waals surface area contributed by atoms with Crippen LogP contribution in [0.1, 0.15) is 161 Å². The number of carboxylic acid groups (broad SMARTS) is 1. The Morgan fingerprint density at radius 1 is 0.584 bits per heavy atom. The maximum atomic E-state index is 15.1. The molecule has 3 aliphatic rings. The fraction of sp³-hybridized carbons (Fsp3) is 0.667. The number of carbonyl (C=O) groups excluding carboxylic acids is 14. The van der Waals surface area contributed by atoms with Crippen LogP contribution in [0.3, 0.4) is 0 Å². The number of hydrogen-bond donors (Lipinski definition) is 6. The number of carbonyl (C=O) groups is 14. The van der Waals surface area contributed by atoms with Crippen LogP contribution in [0, 0.1) is 41.4 Å². The highest BCUT2D eigenvalue weighted by atomic mass is 32.2. The molecular weight excluding hydrogens is 1490 g/mol. The van der Waals surface area contributed by atoms with Gasteiger partial charge in [0.25, 0.3) is 5.91 Å².